The molecule has 4 heteroatoms. The Morgan fingerprint density at radius 3 is 2.90 bits per heavy atom. The summed E-state index contributed by atoms with van der Waals surface area (Å²) in [6.07, 6.45) is 2.40. The highest BCUT2D eigenvalue weighted by atomic mass is 16.3. The lowest BCUT2D eigenvalue weighted by Gasteiger charge is -2.09. The van der Waals surface area contributed by atoms with Gasteiger partial charge in [-0.25, -0.2) is 0 Å². The average molecular weight is 140 g/mol. The van der Waals surface area contributed by atoms with Gasteiger partial charge < -0.3 is 9.90 Å². The fourth-order valence-corrected chi connectivity index (χ4v) is 1.09. The van der Waals surface area contributed by atoms with Crippen molar-refractivity contribution in [3.63, 3.8) is 0 Å². The van der Waals surface area contributed by atoms with E-state index in [4.69, 9.17) is 10.4 Å². The van der Waals surface area contributed by atoms with Gasteiger partial charge in [0.2, 0.25) is 0 Å². The Kier molecular flexibility index (Phi) is 1.88. The van der Waals surface area contributed by atoms with Gasteiger partial charge in [-0.2, -0.15) is 5.26 Å². The van der Waals surface area contributed by atoms with Crippen molar-refractivity contribution in [2.75, 3.05) is 6.54 Å². The molecule has 1 heterocycles. The number of β-amino-alcohol motifs (C(OH)–C–C–N with tert-alkyl or cyclic N) is 1. The van der Waals surface area contributed by atoms with Crippen LogP contribution in [0, 0.1) is 11.5 Å². The Morgan fingerprint density at radius 2 is 2.50 bits per heavy atom. The fraction of sp³-hybridized carbons (Fsp3) is 0.667. The third-order valence-electron chi connectivity index (χ3n) is 1.61. The zero-order chi connectivity index (χ0) is 7.56. The van der Waals surface area contributed by atoms with Gasteiger partial charge in [0.25, 0.3) is 0 Å². The number of rotatable bonds is 1. The number of aliphatic hydroxyl groups excluding tert-OH is 1. The topological polar surface area (TPSA) is 64.3 Å². The summed E-state index contributed by atoms with van der Waals surface area (Å²) in [6.45, 7) is 0.292. The molecule has 54 valence electrons. The number of hydrogen-bond acceptors (Lipinski definition) is 4. The van der Waals surface area contributed by atoms with Crippen LogP contribution in [0.3, 0.4) is 0 Å². The summed E-state index contributed by atoms with van der Waals surface area (Å²) in [6, 6.07) is -0.403. The molecule has 1 saturated heterocycles. The molecule has 1 aliphatic rings. The van der Waals surface area contributed by atoms with E-state index in [0.29, 0.717) is 19.3 Å². The highest BCUT2D eigenvalue weighted by Crippen LogP contribution is 2.13. The van der Waals surface area contributed by atoms with Crippen molar-refractivity contribution < 1.29 is 9.90 Å². The van der Waals surface area contributed by atoms with Crippen molar-refractivity contribution in [2.24, 2.45) is 0 Å². The molecule has 0 radical (unpaired) electrons. The van der Waals surface area contributed by atoms with Gasteiger partial charge in [-0.05, 0) is 0 Å². The molecule has 0 amide bonds. The van der Waals surface area contributed by atoms with E-state index in [0.717, 1.165) is 0 Å². The maximum Gasteiger partial charge on any atom is 0.180 e. The molecule has 1 aliphatic heterocycles. The predicted molar refractivity (Wildman–Crippen MR) is 32.8 cm³/mol. The van der Waals surface area contributed by atoms with Crippen LogP contribution in [0.5, 0.6) is 0 Å². The largest absolute Gasteiger partial charge is 0.391 e. The Morgan fingerprint density at radius 1 is 1.80 bits per heavy atom. The lowest BCUT2D eigenvalue weighted by Crippen LogP contribution is -2.25. The molecular formula is C6H8N2O2. The first-order chi connectivity index (χ1) is 4.77. The zero-order valence-corrected chi connectivity index (χ0v) is 5.40. The summed E-state index contributed by atoms with van der Waals surface area (Å²) in [5.74, 6) is 0. The zero-order valence-electron chi connectivity index (χ0n) is 5.40. The van der Waals surface area contributed by atoms with Gasteiger partial charge in [0.05, 0.1) is 18.7 Å². The molecule has 1 N–H and O–H groups in total. The lowest BCUT2D eigenvalue weighted by molar-refractivity contribution is -0.110. The van der Waals surface area contributed by atoms with Gasteiger partial charge >= 0.3 is 0 Å². The van der Waals surface area contributed by atoms with E-state index >= 15 is 0 Å². The normalized spacial score (nSPS) is 31.8. The molecule has 4 nitrogen and oxygen atoms in total. The molecule has 2 atom stereocenters. The number of aldehydes is 1. The van der Waals surface area contributed by atoms with Crippen molar-refractivity contribution in [3.8, 4) is 6.19 Å². The third-order valence-corrected chi connectivity index (χ3v) is 1.61. The first-order valence-electron chi connectivity index (χ1n) is 3.07. The summed E-state index contributed by atoms with van der Waals surface area (Å²) in [5.41, 5.74) is 0. The van der Waals surface area contributed by atoms with Crippen LogP contribution in [-0.4, -0.2) is 35.0 Å². The maximum atomic E-state index is 10.2. The molecule has 0 spiro atoms. The van der Waals surface area contributed by atoms with Crippen LogP contribution >= 0.6 is 0 Å². The summed E-state index contributed by atoms with van der Waals surface area (Å²) in [7, 11) is 0. The van der Waals surface area contributed by atoms with Crippen molar-refractivity contribution >= 4 is 6.29 Å². The van der Waals surface area contributed by atoms with Gasteiger partial charge in [0.15, 0.2) is 6.19 Å². The number of nitriles is 1. The van der Waals surface area contributed by atoms with E-state index in [1.165, 1.54) is 4.90 Å². The van der Waals surface area contributed by atoms with Crippen LogP contribution in [0.15, 0.2) is 0 Å². The van der Waals surface area contributed by atoms with E-state index in [1.807, 2.05) is 6.19 Å². The molecule has 10 heavy (non-hydrogen) atoms. The van der Waals surface area contributed by atoms with Crippen LogP contribution in [0.2, 0.25) is 0 Å². The first-order valence-corrected chi connectivity index (χ1v) is 3.07. The smallest absolute Gasteiger partial charge is 0.180 e. The van der Waals surface area contributed by atoms with E-state index in [-0.39, 0.29) is 0 Å². The van der Waals surface area contributed by atoms with E-state index in [9.17, 15) is 4.79 Å². The van der Waals surface area contributed by atoms with Gasteiger partial charge in [0, 0.05) is 6.42 Å². The first kappa shape index (κ1) is 7.03. The van der Waals surface area contributed by atoms with Gasteiger partial charge in [0.1, 0.15) is 6.29 Å². The molecule has 0 aromatic carbocycles. The van der Waals surface area contributed by atoms with Crippen LogP contribution in [-0.2, 0) is 4.79 Å². The Labute approximate surface area is 58.7 Å². The quantitative estimate of drug-likeness (QED) is 0.378. The molecule has 1 fully saturated rings. The molecular weight excluding hydrogens is 132 g/mol. The van der Waals surface area contributed by atoms with Crippen LogP contribution < -0.4 is 0 Å². The predicted octanol–water partition coefficient (Wildman–Crippen LogP) is -0.898. The number of carbonyl (C=O) groups excluding carboxylic acids is 1. The monoisotopic (exact) mass is 140 g/mol. The maximum absolute atomic E-state index is 10.2. The Bertz CT molecular complexity index is 175. The van der Waals surface area contributed by atoms with Crippen molar-refractivity contribution in [3.05, 3.63) is 0 Å². The van der Waals surface area contributed by atoms with Gasteiger partial charge in [-0.1, -0.05) is 0 Å². The summed E-state index contributed by atoms with van der Waals surface area (Å²) in [5, 5.41) is 17.4. The molecule has 0 saturated carbocycles. The van der Waals surface area contributed by atoms with E-state index in [1.54, 1.807) is 0 Å². The highest BCUT2D eigenvalue weighted by Gasteiger charge is 2.29. The molecule has 2 unspecified atom stereocenters. The van der Waals surface area contributed by atoms with Crippen LogP contribution in [0.1, 0.15) is 6.42 Å². The Hall–Kier alpha value is -1.08. The average Bonchev–Trinajstić information content (AvgIpc) is 2.30. The Balaban J connectivity index is 2.59. The summed E-state index contributed by atoms with van der Waals surface area (Å²) in [4.78, 5) is 11.5. The van der Waals surface area contributed by atoms with Crippen molar-refractivity contribution in [1.82, 2.24) is 4.90 Å². The molecule has 0 aromatic heterocycles. The summed E-state index contributed by atoms with van der Waals surface area (Å²) >= 11 is 0. The molecule has 1 rings (SSSR count). The van der Waals surface area contributed by atoms with Crippen molar-refractivity contribution in [1.29, 1.82) is 5.26 Å². The molecule has 0 aliphatic carbocycles. The molecule has 0 aromatic rings. The van der Waals surface area contributed by atoms with Gasteiger partial charge in [-0.15, -0.1) is 0 Å². The number of likely N-dealkylation sites (tertiary alicyclic amines) is 1. The molecule has 0 bridgehead atoms. The number of hydrogen-bond donors (Lipinski definition) is 1. The SMILES string of the molecule is N#CN1CC(O)CC1C=O. The standard InChI is InChI=1S/C6H8N2O2/c7-4-8-2-6(10)1-5(8)3-9/h3,5-6,10H,1-2H2. The third kappa shape index (κ3) is 1.09. The van der Waals surface area contributed by atoms with Gasteiger partial charge in [-0.3, -0.25) is 4.90 Å². The summed E-state index contributed by atoms with van der Waals surface area (Å²) < 4.78 is 0. The number of aliphatic hydroxyl groups is 1. The minimum absolute atomic E-state index is 0.292. The minimum atomic E-state index is -0.519. The van der Waals surface area contributed by atoms with Crippen molar-refractivity contribution in [2.45, 2.75) is 18.6 Å². The second kappa shape index (κ2) is 2.67. The van der Waals surface area contributed by atoms with E-state index in [2.05, 4.69) is 0 Å². The lowest BCUT2D eigenvalue weighted by atomic mass is 10.2. The highest BCUT2D eigenvalue weighted by molar-refractivity contribution is 5.58. The fourth-order valence-electron chi connectivity index (χ4n) is 1.09. The van der Waals surface area contributed by atoms with E-state index < -0.39 is 12.1 Å². The minimum Gasteiger partial charge on any atom is -0.391 e. The van der Waals surface area contributed by atoms with Crippen LogP contribution in [0.25, 0.3) is 0 Å². The number of carbonyl (C=O) groups is 1. The second-order valence-electron chi connectivity index (χ2n) is 2.35. The van der Waals surface area contributed by atoms with Crippen LogP contribution in [0.4, 0.5) is 0 Å². The second-order valence-corrected chi connectivity index (χ2v) is 2.35. The number of nitrogens with zero attached hydrogens (tertiary/aromatic N) is 2.